The summed E-state index contributed by atoms with van der Waals surface area (Å²) in [6, 6.07) is 10.1. The van der Waals surface area contributed by atoms with Crippen molar-refractivity contribution in [2.24, 2.45) is 0 Å². The summed E-state index contributed by atoms with van der Waals surface area (Å²) >= 11 is 1.80. The predicted octanol–water partition coefficient (Wildman–Crippen LogP) is 5.23. The Labute approximate surface area is 153 Å². The van der Waals surface area contributed by atoms with Crippen LogP contribution in [-0.2, 0) is 5.41 Å². The summed E-state index contributed by atoms with van der Waals surface area (Å²) in [6.45, 7) is 12.6. The fourth-order valence-corrected chi connectivity index (χ4v) is 3.70. The maximum Gasteiger partial charge on any atom is 0.146 e. The van der Waals surface area contributed by atoms with E-state index in [2.05, 4.69) is 56.9 Å². The van der Waals surface area contributed by atoms with E-state index in [-0.39, 0.29) is 11.2 Å². The van der Waals surface area contributed by atoms with Gasteiger partial charge < -0.3 is 5.11 Å². The van der Waals surface area contributed by atoms with E-state index in [4.69, 9.17) is 0 Å². The van der Waals surface area contributed by atoms with Crippen LogP contribution in [0.15, 0.2) is 35.2 Å². The number of aryl methyl sites for hydroxylation is 1. The number of thioether (sulfide) groups is 1. The Kier molecular flexibility index (Phi) is 4.54. The van der Waals surface area contributed by atoms with Crippen molar-refractivity contribution in [3.63, 3.8) is 0 Å². The second kappa shape index (κ2) is 6.37. The van der Waals surface area contributed by atoms with E-state index in [1.165, 1.54) is 4.90 Å². The van der Waals surface area contributed by atoms with Crippen molar-refractivity contribution in [2.45, 2.75) is 57.1 Å². The normalized spacial score (nSPS) is 12.3. The lowest BCUT2D eigenvalue weighted by Gasteiger charge is -2.22. The van der Waals surface area contributed by atoms with Crippen molar-refractivity contribution in [1.82, 2.24) is 15.0 Å². The smallest absolute Gasteiger partial charge is 0.146 e. The summed E-state index contributed by atoms with van der Waals surface area (Å²) in [5.74, 6) is 0.246. The van der Waals surface area contributed by atoms with Gasteiger partial charge in [-0.3, -0.25) is 0 Å². The Bertz CT molecular complexity index is 923. The molecule has 0 atom stereocenters. The highest BCUT2D eigenvalue weighted by Gasteiger charge is 2.22. The Morgan fingerprint density at radius 2 is 1.72 bits per heavy atom. The number of aromatic nitrogens is 3. The molecule has 3 rings (SSSR count). The summed E-state index contributed by atoms with van der Waals surface area (Å²) in [6.07, 6.45) is 0. The highest BCUT2D eigenvalue weighted by Crippen LogP contribution is 2.36. The van der Waals surface area contributed by atoms with Crippen LogP contribution in [0.4, 0.5) is 0 Å². The monoisotopic (exact) mass is 355 g/mol. The fourth-order valence-electron chi connectivity index (χ4n) is 2.83. The number of fused-ring (bicyclic) bond motifs is 1. The second-order valence-electron chi connectivity index (χ2n) is 7.74. The minimum Gasteiger partial charge on any atom is -0.505 e. The molecule has 3 aromatic rings. The van der Waals surface area contributed by atoms with E-state index in [1.807, 2.05) is 25.1 Å². The number of hydrogen-bond acceptors (Lipinski definition) is 4. The maximum atomic E-state index is 10.8. The zero-order valence-corrected chi connectivity index (χ0v) is 16.5. The lowest BCUT2D eigenvalue weighted by molar-refractivity contribution is 0.440. The Hall–Kier alpha value is -2.01. The van der Waals surface area contributed by atoms with Gasteiger partial charge in [0.1, 0.15) is 22.5 Å². The van der Waals surface area contributed by atoms with Crippen LogP contribution >= 0.6 is 11.8 Å². The predicted molar refractivity (Wildman–Crippen MR) is 105 cm³/mol. The molecular formula is C20H25N3OS. The first-order valence-electron chi connectivity index (χ1n) is 8.53. The highest BCUT2D eigenvalue weighted by molar-refractivity contribution is 7.99. The molecule has 0 aliphatic rings. The molecule has 0 aliphatic heterocycles. The quantitative estimate of drug-likeness (QED) is 0.653. The third-order valence-electron chi connectivity index (χ3n) is 3.98. The van der Waals surface area contributed by atoms with Crippen molar-refractivity contribution in [3.05, 3.63) is 41.5 Å². The van der Waals surface area contributed by atoms with Crippen molar-refractivity contribution < 1.29 is 5.11 Å². The zero-order chi connectivity index (χ0) is 18.4. The third-order valence-corrected chi connectivity index (χ3v) is 4.98. The molecule has 0 unspecified atom stereocenters. The first-order chi connectivity index (χ1) is 11.6. The van der Waals surface area contributed by atoms with Crippen molar-refractivity contribution in [2.75, 3.05) is 0 Å². The molecule has 0 radical (unpaired) electrons. The topological polar surface area (TPSA) is 50.9 Å². The van der Waals surface area contributed by atoms with Gasteiger partial charge in [0, 0.05) is 15.7 Å². The third kappa shape index (κ3) is 3.66. The molecule has 1 aromatic heterocycles. The van der Waals surface area contributed by atoms with E-state index in [9.17, 15) is 5.11 Å². The van der Waals surface area contributed by atoms with Crippen molar-refractivity contribution in [1.29, 1.82) is 0 Å². The summed E-state index contributed by atoms with van der Waals surface area (Å²) in [5.41, 5.74) is 4.11. The van der Waals surface area contributed by atoms with Crippen LogP contribution in [0.5, 0.6) is 5.75 Å². The van der Waals surface area contributed by atoms with Crippen molar-refractivity contribution >= 4 is 22.8 Å². The number of phenolic OH excluding ortho intramolecular Hbond substituents is 1. The standard InChI is InChI=1S/C20H25N3OS/c1-12(2)25-14-7-8-16-17(11-14)22-23(21-16)18-10-13(3)9-15(19(18)24)20(4,5)6/h7-12,24H,1-6H3. The van der Waals surface area contributed by atoms with E-state index < -0.39 is 0 Å². The summed E-state index contributed by atoms with van der Waals surface area (Å²) in [7, 11) is 0. The Balaban J connectivity index is 2.12. The number of rotatable bonds is 3. The zero-order valence-electron chi connectivity index (χ0n) is 15.7. The molecule has 1 heterocycles. The van der Waals surface area contributed by atoms with E-state index in [0.717, 1.165) is 22.2 Å². The van der Waals surface area contributed by atoms with Gasteiger partial charge in [-0.05, 0) is 42.2 Å². The Morgan fingerprint density at radius 3 is 2.36 bits per heavy atom. The van der Waals surface area contributed by atoms with Gasteiger partial charge in [-0.1, -0.05) is 40.7 Å². The molecule has 0 saturated carbocycles. The lowest BCUT2D eigenvalue weighted by Crippen LogP contribution is -2.13. The first-order valence-corrected chi connectivity index (χ1v) is 9.41. The number of benzene rings is 2. The summed E-state index contributed by atoms with van der Waals surface area (Å²) in [5, 5.41) is 20.5. The molecule has 0 fully saturated rings. The van der Waals surface area contributed by atoms with Gasteiger partial charge in [0.25, 0.3) is 0 Å². The van der Waals surface area contributed by atoms with Gasteiger partial charge >= 0.3 is 0 Å². The van der Waals surface area contributed by atoms with Crippen LogP contribution in [0.3, 0.4) is 0 Å². The molecule has 0 bridgehead atoms. The van der Waals surface area contributed by atoms with Crippen LogP contribution in [0, 0.1) is 6.92 Å². The van der Waals surface area contributed by atoms with Crippen molar-refractivity contribution in [3.8, 4) is 11.4 Å². The minimum atomic E-state index is -0.154. The van der Waals surface area contributed by atoms with Gasteiger partial charge in [0.05, 0.1) is 0 Å². The molecule has 0 spiro atoms. The molecule has 5 heteroatoms. The number of nitrogens with zero attached hydrogens (tertiary/aromatic N) is 3. The SMILES string of the molecule is Cc1cc(-n2nc3ccc(SC(C)C)cc3n2)c(O)c(C(C)(C)C)c1. The van der Waals surface area contributed by atoms with Gasteiger partial charge in [0.15, 0.2) is 0 Å². The van der Waals surface area contributed by atoms with Crippen LogP contribution in [0.1, 0.15) is 45.7 Å². The van der Waals surface area contributed by atoms with E-state index in [0.29, 0.717) is 10.9 Å². The second-order valence-corrected chi connectivity index (χ2v) is 9.39. The van der Waals surface area contributed by atoms with Gasteiger partial charge in [-0.2, -0.15) is 0 Å². The highest BCUT2D eigenvalue weighted by atomic mass is 32.2. The molecule has 2 aromatic carbocycles. The Morgan fingerprint density at radius 1 is 1.04 bits per heavy atom. The molecule has 0 amide bonds. The van der Waals surface area contributed by atoms with Crippen LogP contribution in [0.2, 0.25) is 0 Å². The lowest BCUT2D eigenvalue weighted by atomic mass is 9.85. The van der Waals surface area contributed by atoms with E-state index in [1.54, 1.807) is 16.6 Å². The number of phenols is 1. The molecule has 4 nitrogen and oxygen atoms in total. The van der Waals surface area contributed by atoms with Crippen LogP contribution in [0.25, 0.3) is 16.7 Å². The van der Waals surface area contributed by atoms with Crippen LogP contribution < -0.4 is 0 Å². The van der Waals surface area contributed by atoms with Gasteiger partial charge in [-0.15, -0.1) is 26.8 Å². The van der Waals surface area contributed by atoms with Gasteiger partial charge in [0.2, 0.25) is 0 Å². The average Bonchev–Trinajstić information content (AvgIpc) is 2.90. The fraction of sp³-hybridized carbons (Fsp3) is 0.400. The average molecular weight is 356 g/mol. The molecular weight excluding hydrogens is 330 g/mol. The molecule has 0 aliphatic carbocycles. The maximum absolute atomic E-state index is 10.8. The number of aromatic hydroxyl groups is 1. The molecule has 132 valence electrons. The largest absolute Gasteiger partial charge is 0.505 e. The number of hydrogen-bond donors (Lipinski definition) is 1. The summed E-state index contributed by atoms with van der Waals surface area (Å²) < 4.78 is 0. The summed E-state index contributed by atoms with van der Waals surface area (Å²) in [4.78, 5) is 2.73. The molecule has 0 saturated heterocycles. The van der Waals surface area contributed by atoms with Crippen LogP contribution in [-0.4, -0.2) is 25.4 Å². The molecule has 25 heavy (non-hydrogen) atoms. The van der Waals surface area contributed by atoms with Gasteiger partial charge in [-0.25, -0.2) is 0 Å². The van der Waals surface area contributed by atoms with E-state index >= 15 is 0 Å². The minimum absolute atomic E-state index is 0.154. The first kappa shape index (κ1) is 17.8. The molecule has 1 N–H and O–H groups in total.